The molecule has 31 heavy (non-hydrogen) atoms. The number of ether oxygens (including phenoxy) is 1. The molecule has 0 saturated heterocycles. The highest BCUT2D eigenvalue weighted by atomic mass is 16.6. The van der Waals surface area contributed by atoms with Crippen molar-refractivity contribution in [1.82, 2.24) is 20.6 Å². The van der Waals surface area contributed by atoms with Gasteiger partial charge in [0.2, 0.25) is 0 Å². The van der Waals surface area contributed by atoms with Crippen LogP contribution in [0.25, 0.3) is 22.2 Å². The maximum Gasteiger partial charge on any atom is 0.407 e. The Balaban J connectivity index is 1.51. The summed E-state index contributed by atoms with van der Waals surface area (Å²) in [5, 5.41) is 15.4. The summed E-state index contributed by atoms with van der Waals surface area (Å²) in [6, 6.07) is 11.2. The summed E-state index contributed by atoms with van der Waals surface area (Å²) in [5.41, 5.74) is 2.98. The summed E-state index contributed by atoms with van der Waals surface area (Å²) >= 11 is 0. The molecule has 0 aliphatic carbocycles. The molecule has 0 aliphatic heterocycles. The molecule has 2 heterocycles. The number of hydrogen-bond donors (Lipinski definition) is 3. The van der Waals surface area contributed by atoms with E-state index in [2.05, 4.69) is 26.7 Å². The van der Waals surface area contributed by atoms with Gasteiger partial charge in [0, 0.05) is 42.0 Å². The van der Waals surface area contributed by atoms with E-state index in [0.717, 1.165) is 16.5 Å². The van der Waals surface area contributed by atoms with Crippen molar-refractivity contribution < 1.29 is 14.3 Å². The Morgan fingerprint density at radius 3 is 2.52 bits per heavy atom. The van der Waals surface area contributed by atoms with Gasteiger partial charge in [0.1, 0.15) is 17.3 Å². The summed E-state index contributed by atoms with van der Waals surface area (Å²) in [4.78, 5) is 31.2. The predicted octanol–water partition coefficient (Wildman–Crippen LogP) is 3.75. The number of aromatic amines is 1. The van der Waals surface area contributed by atoms with Gasteiger partial charge in [-0.3, -0.25) is 4.79 Å². The van der Waals surface area contributed by atoms with Crippen LogP contribution in [-0.2, 0) is 4.74 Å². The fraction of sp³-hybridized carbons (Fsp3) is 0.304. The maximum atomic E-state index is 12.3. The van der Waals surface area contributed by atoms with Crippen molar-refractivity contribution >= 4 is 23.0 Å². The van der Waals surface area contributed by atoms with Crippen molar-refractivity contribution in [3.8, 4) is 17.2 Å². The number of nitrogens with one attached hydrogen (secondary N) is 3. The third-order valence-electron chi connectivity index (χ3n) is 4.44. The Bertz CT molecular complexity index is 1120. The number of amides is 2. The number of aromatic nitrogens is 2. The number of rotatable bonds is 6. The molecule has 0 unspecified atom stereocenters. The van der Waals surface area contributed by atoms with Crippen molar-refractivity contribution in [2.45, 2.75) is 32.8 Å². The first-order chi connectivity index (χ1) is 14.8. The zero-order chi connectivity index (χ0) is 22.4. The number of nitriles is 1. The second-order valence-corrected chi connectivity index (χ2v) is 8.05. The maximum absolute atomic E-state index is 12.3. The second kappa shape index (κ2) is 9.30. The molecular formula is C23H25N5O3. The Kier molecular flexibility index (Phi) is 6.55. The average molecular weight is 419 g/mol. The quantitative estimate of drug-likeness (QED) is 0.526. The summed E-state index contributed by atoms with van der Waals surface area (Å²) in [6.45, 7) is 6.25. The van der Waals surface area contributed by atoms with Crippen molar-refractivity contribution in [3.05, 3.63) is 53.9 Å². The lowest BCUT2D eigenvalue weighted by molar-refractivity contribution is 0.0527. The third-order valence-corrected chi connectivity index (χ3v) is 4.44. The zero-order valence-corrected chi connectivity index (χ0v) is 17.8. The van der Waals surface area contributed by atoms with E-state index in [1.165, 1.54) is 0 Å². The van der Waals surface area contributed by atoms with Crippen LogP contribution < -0.4 is 10.6 Å². The molecule has 3 rings (SSSR count). The minimum atomic E-state index is -0.536. The van der Waals surface area contributed by atoms with Gasteiger partial charge < -0.3 is 20.4 Å². The Labute approximate surface area is 180 Å². The first-order valence-electron chi connectivity index (χ1n) is 9.99. The Hall–Kier alpha value is -3.86. The lowest BCUT2D eigenvalue weighted by atomic mass is 10.0. The van der Waals surface area contributed by atoms with Crippen LogP contribution in [0, 0.1) is 11.3 Å². The van der Waals surface area contributed by atoms with Gasteiger partial charge in [-0.05, 0) is 51.0 Å². The lowest BCUT2D eigenvalue weighted by Crippen LogP contribution is -2.34. The van der Waals surface area contributed by atoms with Crippen LogP contribution in [0.15, 0.2) is 42.7 Å². The number of nitrogens with zero attached hydrogens (tertiary/aromatic N) is 2. The van der Waals surface area contributed by atoms with Crippen molar-refractivity contribution in [2.24, 2.45) is 0 Å². The van der Waals surface area contributed by atoms with Crippen LogP contribution in [0.2, 0.25) is 0 Å². The van der Waals surface area contributed by atoms with Gasteiger partial charge in [-0.15, -0.1) is 0 Å². The summed E-state index contributed by atoms with van der Waals surface area (Å²) in [6.07, 6.45) is 3.49. The number of carbonyl (C=O) groups excluding carboxylic acids is 2. The van der Waals surface area contributed by atoms with Crippen molar-refractivity contribution in [2.75, 3.05) is 13.1 Å². The largest absolute Gasteiger partial charge is 0.444 e. The molecule has 0 saturated carbocycles. The average Bonchev–Trinajstić information content (AvgIpc) is 3.14. The zero-order valence-electron chi connectivity index (χ0n) is 17.8. The van der Waals surface area contributed by atoms with Crippen molar-refractivity contribution in [1.29, 1.82) is 5.26 Å². The third kappa shape index (κ3) is 5.82. The van der Waals surface area contributed by atoms with Crippen LogP contribution in [0.3, 0.4) is 0 Å². The number of pyridine rings is 1. The van der Waals surface area contributed by atoms with E-state index >= 15 is 0 Å². The molecule has 0 aliphatic rings. The van der Waals surface area contributed by atoms with Crippen LogP contribution >= 0.6 is 0 Å². The fourth-order valence-electron chi connectivity index (χ4n) is 2.96. The van der Waals surface area contributed by atoms with Crippen LogP contribution in [0.5, 0.6) is 0 Å². The van der Waals surface area contributed by atoms with Gasteiger partial charge in [-0.1, -0.05) is 12.1 Å². The topological polar surface area (TPSA) is 120 Å². The molecule has 2 amide bonds. The van der Waals surface area contributed by atoms with E-state index in [4.69, 9.17) is 4.74 Å². The highest BCUT2D eigenvalue weighted by molar-refractivity contribution is 5.95. The molecule has 8 nitrogen and oxygen atoms in total. The van der Waals surface area contributed by atoms with E-state index in [1.807, 2.05) is 18.2 Å². The molecule has 1 aromatic carbocycles. The van der Waals surface area contributed by atoms with Gasteiger partial charge >= 0.3 is 6.09 Å². The Morgan fingerprint density at radius 1 is 1.13 bits per heavy atom. The second-order valence-electron chi connectivity index (χ2n) is 8.05. The molecule has 0 fully saturated rings. The fourth-order valence-corrected chi connectivity index (χ4v) is 2.96. The first-order valence-corrected chi connectivity index (χ1v) is 9.99. The monoisotopic (exact) mass is 419 g/mol. The molecule has 8 heteroatoms. The number of alkyl carbamates (subject to hydrolysis) is 1. The normalized spacial score (nSPS) is 11.0. The van der Waals surface area contributed by atoms with Gasteiger partial charge in [0.05, 0.1) is 5.56 Å². The lowest BCUT2D eigenvalue weighted by Gasteiger charge is -2.19. The Morgan fingerprint density at radius 2 is 1.84 bits per heavy atom. The molecule has 0 radical (unpaired) electrons. The molecule has 160 valence electrons. The molecular weight excluding hydrogens is 394 g/mol. The van der Waals surface area contributed by atoms with E-state index in [9.17, 15) is 14.9 Å². The standard InChI is InChI=1S/C23H25N5O3/c1-23(2,3)31-22(30)26-10-4-9-25-21(29)16-7-5-15(6-8-16)17-11-19-18(12-24)14-28-20(19)27-13-17/h5-8,11,13-14H,4,9-10H2,1-3H3,(H,25,29)(H,26,30)(H,27,28). The SMILES string of the molecule is CC(C)(C)OC(=O)NCCCNC(=O)c1ccc(-c2cnc3[nH]cc(C#N)c3c2)cc1. The number of fused-ring (bicyclic) bond motifs is 1. The van der Waals surface area contributed by atoms with Crippen LogP contribution in [-0.4, -0.2) is 40.7 Å². The number of benzene rings is 1. The first kappa shape index (κ1) is 21.8. The van der Waals surface area contributed by atoms with E-state index in [0.29, 0.717) is 36.3 Å². The van der Waals surface area contributed by atoms with Crippen LogP contribution in [0.4, 0.5) is 4.79 Å². The molecule has 0 spiro atoms. The van der Waals surface area contributed by atoms with Crippen molar-refractivity contribution in [3.63, 3.8) is 0 Å². The highest BCUT2D eigenvalue weighted by Crippen LogP contribution is 2.24. The van der Waals surface area contributed by atoms with Gasteiger partial charge in [0.25, 0.3) is 5.91 Å². The van der Waals surface area contributed by atoms with E-state index < -0.39 is 11.7 Å². The summed E-state index contributed by atoms with van der Waals surface area (Å²) in [7, 11) is 0. The highest BCUT2D eigenvalue weighted by Gasteiger charge is 2.15. The number of H-pyrrole nitrogens is 1. The van der Waals surface area contributed by atoms with Gasteiger partial charge in [0.15, 0.2) is 0 Å². The number of carbonyl (C=O) groups is 2. The van der Waals surface area contributed by atoms with E-state index in [-0.39, 0.29) is 5.91 Å². The predicted molar refractivity (Wildman–Crippen MR) is 117 cm³/mol. The van der Waals surface area contributed by atoms with Gasteiger partial charge in [-0.25, -0.2) is 9.78 Å². The molecule has 2 aromatic heterocycles. The summed E-state index contributed by atoms with van der Waals surface area (Å²) < 4.78 is 5.15. The molecule has 3 aromatic rings. The minimum Gasteiger partial charge on any atom is -0.444 e. The number of hydrogen-bond acceptors (Lipinski definition) is 5. The summed E-state index contributed by atoms with van der Waals surface area (Å²) in [5.74, 6) is -0.185. The molecule has 3 N–H and O–H groups in total. The molecule has 0 bridgehead atoms. The van der Waals surface area contributed by atoms with E-state index in [1.54, 1.807) is 45.3 Å². The smallest absolute Gasteiger partial charge is 0.407 e. The van der Waals surface area contributed by atoms with Gasteiger partial charge in [-0.2, -0.15) is 5.26 Å². The molecule has 0 atom stereocenters. The van der Waals surface area contributed by atoms with Crippen LogP contribution in [0.1, 0.15) is 43.1 Å². The minimum absolute atomic E-state index is 0.185.